The number of hydrogen-bond donors (Lipinski definition) is 0. The lowest BCUT2D eigenvalue weighted by atomic mass is 8.79. The molecule has 4 unspecified atom stereocenters. The minimum absolute atomic E-state index is 0.434. The Balaban J connectivity index is 5.05. The third kappa shape index (κ3) is 23.3. The molecule has 58 heteroatoms. The summed E-state index contributed by atoms with van der Waals surface area (Å²) in [6, 6.07) is 0. The van der Waals surface area contributed by atoms with E-state index in [1.54, 1.807) is 0 Å². The summed E-state index contributed by atoms with van der Waals surface area (Å²) in [6.45, 7) is 59.6. The van der Waals surface area contributed by atoms with E-state index in [1.807, 2.05) is 42.5 Å². The van der Waals surface area contributed by atoms with Crippen LogP contribution in [0.25, 0.3) is 10.4 Å². The molecule has 1 aromatic carbocycles. The van der Waals surface area contributed by atoms with Gasteiger partial charge in [-0.05, 0) is 230 Å². The molecule has 48 radical (unpaired) electrons. The van der Waals surface area contributed by atoms with Gasteiger partial charge < -0.3 is 24.7 Å². The van der Waals surface area contributed by atoms with E-state index in [9.17, 15) is 0 Å². The van der Waals surface area contributed by atoms with Crippen molar-refractivity contribution in [2.75, 3.05) is 0 Å². The molecule has 0 saturated heterocycles. The van der Waals surface area contributed by atoms with E-state index < -0.39 is 197 Å². The first-order valence-electron chi connectivity index (χ1n) is 38.0. The van der Waals surface area contributed by atoms with E-state index in [-0.39, 0.29) is 0 Å². The molecule has 0 spiro atoms. The SMILES string of the molecule is [B][B]B([B])C(B([B])[B])(B([B])[B]CC)[Si](C)(C)O[Si](C)(C)C[B]B([B])C(B([B])[B])(B([B])[B][B])[Si](C)(C)O[Si](C)(C)C(C)=c1c(C)c([Si](C)(C)O[Si](C)(C)C)c([Si](C)(C)O[Si](C)(C)C)c(C)c1=C(C)[Si](C)(C)O[Si](C)(C)C(B([B])[B])(B([B])[B][B])B([B])[B]C[Si](C)(C)O[Si](C)(C)C(B([B])[B])(B([B])[B][B])B([B])[B]CC. The molecular formula is C48H104B40O6Si12. The summed E-state index contributed by atoms with van der Waals surface area (Å²) < 4.78 is 41.4. The van der Waals surface area contributed by atoms with Gasteiger partial charge in [-0.2, -0.15) is 0 Å². The Hall–Kier alpha value is 3.92. The molecule has 0 bridgehead atoms. The Kier molecular flexibility index (Phi) is 40.8. The summed E-state index contributed by atoms with van der Waals surface area (Å²) in [5.41, 5.74) is 2.22. The van der Waals surface area contributed by atoms with Gasteiger partial charge in [0.05, 0.1) is 28.7 Å². The molecule has 106 heavy (non-hydrogen) atoms. The topological polar surface area (TPSA) is 55.4 Å². The van der Waals surface area contributed by atoms with E-state index in [2.05, 4.69) is 198 Å². The highest BCUT2D eigenvalue weighted by Crippen LogP contribution is 2.50. The van der Waals surface area contributed by atoms with Gasteiger partial charge in [0.25, 0.3) is 0 Å². The summed E-state index contributed by atoms with van der Waals surface area (Å²) in [6.07, 6.45) is 1.31. The van der Waals surface area contributed by atoms with Crippen molar-refractivity contribution in [3.05, 3.63) is 21.6 Å². The van der Waals surface area contributed by atoms with Gasteiger partial charge in [0, 0.05) is 261 Å². The van der Waals surface area contributed by atoms with E-state index in [0.29, 0.717) is 24.5 Å². The second kappa shape index (κ2) is 40.1. The maximum absolute atomic E-state index is 8.11. The van der Waals surface area contributed by atoms with E-state index >= 15 is 0 Å². The minimum atomic E-state index is -3.50. The zero-order chi connectivity index (χ0) is 84.3. The molecule has 4 atom stereocenters. The Labute approximate surface area is 704 Å². The Morgan fingerprint density at radius 2 is 0.509 bits per heavy atom. The van der Waals surface area contributed by atoms with Crippen LogP contribution in [0, 0.1) is 13.8 Å². The van der Waals surface area contributed by atoms with Crippen molar-refractivity contribution in [1.29, 1.82) is 0 Å². The van der Waals surface area contributed by atoms with Gasteiger partial charge in [-0.1, -0.05) is 48.8 Å². The molecule has 0 aliphatic heterocycles. The summed E-state index contributed by atoms with van der Waals surface area (Å²) in [4.78, 5) is 0. The monoisotopic (exact) mass is 1550 g/mol. The highest BCUT2D eigenvalue weighted by Gasteiger charge is 2.63. The van der Waals surface area contributed by atoms with Crippen molar-refractivity contribution >= 4 is 410 Å². The quantitative estimate of drug-likeness (QED) is 0.0759. The second-order valence-corrected chi connectivity index (χ2v) is 88.8. The minimum Gasteiger partial charge on any atom is -0.457 e. The van der Waals surface area contributed by atoms with Crippen molar-refractivity contribution in [3.63, 3.8) is 0 Å². The fourth-order valence-electron chi connectivity index (χ4n) is 19.2. The summed E-state index contributed by atoms with van der Waals surface area (Å²) in [5.74, 6) is 0.868. The van der Waals surface area contributed by atoms with Gasteiger partial charge in [0.15, 0.2) is 66.5 Å². The van der Waals surface area contributed by atoms with Gasteiger partial charge in [-0.25, -0.2) is 0 Å². The number of benzene rings is 1. The molecule has 0 aliphatic carbocycles. The smallest absolute Gasteiger partial charge is 0.206 e. The number of rotatable bonds is 46. The molecule has 0 aromatic heterocycles. The first-order chi connectivity index (χ1) is 47.3. The first-order valence-corrected chi connectivity index (χ1v) is 74.3. The largest absolute Gasteiger partial charge is 0.457 e. The predicted octanol–water partition coefficient (Wildman–Crippen LogP) is -1.30. The lowest BCUT2D eigenvalue weighted by Crippen LogP contribution is -2.75. The van der Waals surface area contributed by atoms with Gasteiger partial charge >= 0.3 is 0 Å². The van der Waals surface area contributed by atoms with Crippen LogP contribution in [-0.4, -0.2) is 389 Å². The van der Waals surface area contributed by atoms with Crippen molar-refractivity contribution in [1.82, 2.24) is 0 Å². The molecule has 500 valence electrons. The van der Waals surface area contributed by atoms with Crippen molar-refractivity contribution in [2.45, 2.75) is 255 Å². The molecule has 0 saturated carbocycles. The molecular weight excluding hydrogens is 1440 g/mol. The molecule has 1 rings (SSSR count). The van der Waals surface area contributed by atoms with Crippen LogP contribution in [0.3, 0.4) is 0 Å². The van der Waals surface area contributed by atoms with E-state index in [4.69, 9.17) is 179 Å². The maximum atomic E-state index is 8.11. The van der Waals surface area contributed by atoms with Crippen molar-refractivity contribution in [2.24, 2.45) is 0 Å². The maximum Gasteiger partial charge on any atom is 0.206 e. The van der Waals surface area contributed by atoms with Crippen LogP contribution in [0.1, 0.15) is 38.8 Å². The van der Waals surface area contributed by atoms with Gasteiger partial charge in [0.1, 0.15) is 0 Å². The van der Waals surface area contributed by atoms with Gasteiger partial charge in [0.2, 0.25) is 33.3 Å². The Morgan fingerprint density at radius 1 is 0.311 bits per heavy atom. The predicted molar refractivity (Wildman–Crippen MR) is 552 cm³/mol. The Bertz CT molecular complexity index is 2950. The normalized spacial score (nSPS) is 16.2. The number of hydrogen-bond acceptors (Lipinski definition) is 6. The molecule has 0 aliphatic rings. The Morgan fingerprint density at radius 3 is 0.689 bits per heavy atom. The molecule has 0 N–H and O–H groups in total. The molecule has 0 amide bonds. The summed E-state index contributed by atoms with van der Waals surface area (Å²) in [7, 11) is 118. The third-order valence-electron chi connectivity index (χ3n) is 23.3. The van der Waals surface area contributed by atoms with Crippen LogP contribution in [-0.2, 0) is 24.7 Å². The third-order valence-corrected chi connectivity index (χ3v) is 71.7. The molecule has 0 fully saturated rings. The van der Waals surface area contributed by atoms with E-state index in [0.717, 1.165) is 32.0 Å². The van der Waals surface area contributed by atoms with Crippen LogP contribution in [0.4, 0.5) is 0 Å². The average Bonchev–Trinajstić information content (AvgIpc) is 0.705. The summed E-state index contributed by atoms with van der Waals surface area (Å²) >= 11 is 0. The lowest BCUT2D eigenvalue weighted by molar-refractivity contribution is 0.544. The molecule has 1 aromatic rings. The average molecular weight is 1550 g/mol. The van der Waals surface area contributed by atoms with Crippen molar-refractivity contribution < 1.29 is 24.7 Å². The van der Waals surface area contributed by atoms with Gasteiger partial charge in [-0.15, -0.1) is 18.9 Å². The van der Waals surface area contributed by atoms with Crippen LogP contribution in [0.5, 0.6) is 0 Å². The fourth-order valence-corrected chi connectivity index (χ4v) is 77.6. The first kappa shape index (κ1) is 108. The standard InChI is InChI=1S/C48H104B40O6Si12/c1-33-69-81(61)45(77(53)54,85(65)73-49)103(25,26)91-97(13,14)35-71-83(63)47(79(57)58,87(67)75-51)105(29,30)93-99(17,18)39(5)41-37(3)43(101(21,22)89-95(7,8)9)44(102(23,24)90-96(10,11)12)38(4)42(41)40(6)100(19,20)94-106(31,32)48(80(59)60,88(68)76-52)84(64)72-36-98(15,16)92-104(27,28)46(78(55)56,86(66)74-50)82(62)70-34-2/h33-36H2,1-32H3. The van der Waals surface area contributed by atoms with Gasteiger partial charge in [-0.3, -0.25) is 0 Å². The molecule has 6 nitrogen and oxygen atoms in total. The molecule has 0 heterocycles. The summed E-state index contributed by atoms with van der Waals surface area (Å²) in [5, 5.41) is 6.73. The lowest BCUT2D eigenvalue weighted by Gasteiger charge is -2.59. The van der Waals surface area contributed by atoms with Crippen LogP contribution >= 0.6 is 0 Å². The second-order valence-electron chi connectivity index (χ2n) is 37.4. The zero-order valence-electron chi connectivity index (χ0n) is 72.4. The van der Waals surface area contributed by atoms with Crippen LogP contribution in [0.2, 0.25) is 214 Å². The highest BCUT2D eigenvalue weighted by molar-refractivity contribution is 7.69. The van der Waals surface area contributed by atoms with Crippen molar-refractivity contribution in [3.8, 4) is 0 Å². The van der Waals surface area contributed by atoms with Crippen LogP contribution < -0.4 is 20.8 Å². The van der Waals surface area contributed by atoms with E-state index in [1.165, 1.54) is 38.6 Å². The van der Waals surface area contributed by atoms with Crippen LogP contribution in [0.15, 0.2) is 0 Å². The highest BCUT2D eigenvalue weighted by atomic mass is 28.4. The zero-order valence-corrected chi connectivity index (χ0v) is 84.4. The fraction of sp³-hybridized carbons (Fsp3) is 0.833.